The van der Waals surface area contributed by atoms with E-state index in [9.17, 15) is 4.79 Å². The monoisotopic (exact) mass is 238 g/mol. The van der Waals surface area contributed by atoms with E-state index in [2.05, 4.69) is 0 Å². The van der Waals surface area contributed by atoms with E-state index in [4.69, 9.17) is 17.3 Å². The third-order valence-corrected chi connectivity index (χ3v) is 3.12. The average molecular weight is 239 g/mol. The minimum Gasteiger partial charge on any atom is -0.398 e. The summed E-state index contributed by atoms with van der Waals surface area (Å²) in [5.74, 6) is 0.0221. The lowest BCUT2D eigenvalue weighted by molar-refractivity contribution is 0.0725. The summed E-state index contributed by atoms with van der Waals surface area (Å²) in [5.41, 5.74) is 6.82. The maximum absolute atomic E-state index is 12.1. The van der Waals surface area contributed by atoms with Crippen LogP contribution in [0.2, 0.25) is 5.02 Å². The van der Waals surface area contributed by atoms with Crippen molar-refractivity contribution in [3.05, 3.63) is 28.8 Å². The summed E-state index contributed by atoms with van der Waals surface area (Å²) in [7, 11) is 0. The van der Waals surface area contributed by atoms with Gasteiger partial charge in [0.2, 0.25) is 0 Å². The number of nitrogens with two attached hydrogens (primary N) is 1. The van der Waals surface area contributed by atoms with Gasteiger partial charge >= 0.3 is 0 Å². The number of nitrogens with zero attached hydrogens (tertiary/aromatic N) is 1. The number of anilines is 1. The van der Waals surface area contributed by atoms with E-state index in [1.807, 2.05) is 4.90 Å². The van der Waals surface area contributed by atoms with Crippen LogP contribution in [0.5, 0.6) is 0 Å². The quantitative estimate of drug-likeness (QED) is 0.765. The van der Waals surface area contributed by atoms with E-state index < -0.39 is 0 Å². The van der Waals surface area contributed by atoms with Gasteiger partial charge in [-0.15, -0.1) is 0 Å². The molecule has 1 aliphatic rings. The van der Waals surface area contributed by atoms with E-state index in [1.54, 1.807) is 18.2 Å². The van der Waals surface area contributed by atoms with Crippen LogP contribution in [0.15, 0.2) is 18.2 Å². The largest absolute Gasteiger partial charge is 0.398 e. The number of amides is 1. The molecule has 3 nitrogen and oxygen atoms in total. The summed E-state index contributed by atoms with van der Waals surface area (Å²) in [4.78, 5) is 14.0. The van der Waals surface area contributed by atoms with Crippen molar-refractivity contribution in [2.45, 2.75) is 19.3 Å². The van der Waals surface area contributed by atoms with Crippen molar-refractivity contribution in [1.29, 1.82) is 0 Å². The van der Waals surface area contributed by atoms with Gasteiger partial charge in [-0.3, -0.25) is 4.79 Å². The molecular formula is C12H15ClN2O. The van der Waals surface area contributed by atoms with E-state index in [0.717, 1.165) is 25.9 Å². The first kappa shape index (κ1) is 11.3. The number of benzene rings is 1. The Bertz CT molecular complexity index is 400. The minimum atomic E-state index is 0.0221. The second-order valence-corrected chi connectivity index (χ2v) is 4.52. The zero-order chi connectivity index (χ0) is 11.5. The van der Waals surface area contributed by atoms with Crippen LogP contribution < -0.4 is 5.73 Å². The summed E-state index contributed by atoms with van der Waals surface area (Å²) >= 11 is 5.80. The molecule has 1 aliphatic heterocycles. The Balaban J connectivity index is 2.19. The Kier molecular flexibility index (Phi) is 3.34. The molecular weight excluding hydrogens is 224 g/mol. The molecule has 1 amide bonds. The molecule has 1 saturated heterocycles. The van der Waals surface area contributed by atoms with Crippen molar-refractivity contribution < 1.29 is 4.79 Å². The van der Waals surface area contributed by atoms with E-state index in [-0.39, 0.29) is 5.91 Å². The highest BCUT2D eigenvalue weighted by atomic mass is 35.5. The zero-order valence-corrected chi connectivity index (χ0v) is 9.83. The molecule has 86 valence electrons. The van der Waals surface area contributed by atoms with Crippen molar-refractivity contribution in [2.24, 2.45) is 0 Å². The molecule has 2 rings (SSSR count). The van der Waals surface area contributed by atoms with E-state index in [1.165, 1.54) is 6.42 Å². The molecule has 0 atom stereocenters. The molecule has 0 saturated carbocycles. The van der Waals surface area contributed by atoms with Crippen LogP contribution in [-0.2, 0) is 0 Å². The summed E-state index contributed by atoms with van der Waals surface area (Å²) in [6.07, 6.45) is 3.37. The molecule has 1 heterocycles. The summed E-state index contributed by atoms with van der Waals surface area (Å²) in [6, 6.07) is 5.03. The van der Waals surface area contributed by atoms with Gasteiger partial charge in [0.1, 0.15) is 0 Å². The summed E-state index contributed by atoms with van der Waals surface area (Å²) in [6.45, 7) is 1.67. The second kappa shape index (κ2) is 4.74. The van der Waals surface area contributed by atoms with Crippen LogP contribution in [0.3, 0.4) is 0 Å². The van der Waals surface area contributed by atoms with Gasteiger partial charge < -0.3 is 10.6 Å². The molecule has 1 fully saturated rings. The lowest BCUT2D eigenvalue weighted by atomic mass is 10.1. The molecule has 0 unspecified atom stereocenters. The molecule has 1 aromatic carbocycles. The number of halogens is 1. The number of likely N-dealkylation sites (tertiary alicyclic amines) is 1. The number of carbonyl (C=O) groups is 1. The van der Waals surface area contributed by atoms with Gasteiger partial charge in [-0.2, -0.15) is 0 Å². The summed E-state index contributed by atoms with van der Waals surface area (Å²) in [5, 5.41) is 0.563. The van der Waals surface area contributed by atoms with Crippen molar-refractivity contribution in [2.75, 3.05) is 18.8 Å². The maximum Gasteiger partial charge on any atom is 0.255 e. The van der Waals surface area contributed by atoms with Crippen molar-refractivity contribution in [3.8, 4) is 0 Å². The van der Waals surface area contributed by atoms with Crippen LogP contribution in [0.4, 0.5) is 5.69 Å². The van der Waals surface area contributed by atoms with Gasteiger partial charge in [-0.05, 0) is 37.5 Å². The third kappa shape index (κ3) is 2.30. The second-order valence-electron chi connectivity index (χ2n) is 4.08. The Labute approximate surface area is 100 Å². The molecule has 0 bridgehead atoms. The molecule has 2 N–H and O–H groups in total. The van der Waals surface area contributed by atoms with E-state index >= 15 is 0 Å². The molecule has 4 heteroatoms. The van der Waals surface area contributed by atoms with Crippen LogP contribution in [0.25, 0.3) is 0 Å². The highest BCUT2D eigenvalue weighted by molar-refractivity contribution is 6.31. The topological polar surface area (TPSA) is 46.3 Å². The smallest absolute Gasteiger partial charge is 0.255 e. The summed E-state index contributed by atoms with van der Waals surface area (Å²) < 4.78 is 0. The molecule has 0 radical (unpaired) electrons. The van der Waals surface area contributed by atoms with Crippen LogP contribution in [0.1, 0.15) is 29.6 Å². The average Bonchev–Trinajstić information content (AvgIpc) is 2.29. The lowest BCUT2D eigenvalue weighted by Gasteiger charge is -2.27. The first-order valence-electron chi connectivity index (χ1n) is 5.53. The number of rotatable bonds is 1. The minimum absolute atomic E-state index is 0.0221. The molecule has 0 aliphatic carbocycles. The predicted molar refractivity (Wildman–Crippen MR) is 65.6 cm³/mol. The van der Waals surface area contributed by atoms with Gasteiger partial charge in [-0.1, -0.05) is 11.6 Å². The van der Waals surface area contributed by atoms with Crippen LogP contribution >= 0.6 is 11.6 Å². The molecule has 16 heavy (non-hydrogen) atoms. The molecule has 1 aromatic rings. The van der Waals surface area contributed by atoms with Gasteiger partial charge in [-0.25, -0.2) is 0 Å². The van der Waals surface area contributed by atoms with E-state index in [0.29, 0.717) is 16.3 Å². The van der Waals surface area contributed by atoms with Gasteiger partial charge in [0.05, 0.1) is 5.56 Å². The highest BCUT2D eigenvalue weighted by Gasteiger charge is 2.19. The first-order valence-corrected chi connectivity index (χ1v) is 5.90. The highest BCUT2D eigenvalue weighted by Crippen LogP contribution is 2.21. The fourth-order valence-corrected chi connectivity index (χ4v) is 2.18. The standard InChI is InChI=1S/C12H15ClN2O/c13-9-4-5-10(11(14)8-9)12(16)15-6-2-1-3-7-15/h4-5,8H,1-3,6-7,14H2. The Morgan fingerprint density at radius 2 is 1.94 bits per heavy atom. The number of nitrogen functional groups attached to an aromatic ring is 1. The number of piperidine rings is 1. The van der Waals surface area contributed by atoms with Gasteiger partial charge in [0.15, 0.2) is 0 Å². The van der Waals surface area contributed by atoms with Gasteiger partial charge in [0.25, 0.3) is 5.91 Å². The number of hydrogen-bond donors (Lipinski definition) is 1. The van der Waals surface area contributed by atoms with Crippen LogP contribution in [0, 0.1) is 0 Å². The Morgan fingerprint density at radius 3 is 2.56 bits per heavy atom. The predicted octanol–water partition coefficient (Wildman–Crippen LogP) is 2.55. The molecule has 0 spiro atoms. The number of hydrogen-bond acceptors (Lipinski definition) is 2. The van der Waals surface area contributed by atoms with Crippen molar-refractivity contribution >= 4 is 23.2 Å². The zero-order valence-electron chi connectivity index (χ0n) is 9.08. The third-order valence-electron chi connectivity index (χ3n) is 2.89. The lowest BCUT2D eigenvalue weighted by Crippen LogP contribution is -2.35. The first-order chi connectivity index (χ1) is 7.68. The molecule has 0 aromatic heterocycles. The van der Waals surface area contributed by atoms with Gasteiger partial charge in [0, 0.05) is 23.8 Å². The Morgan fingerprint density at radius 1 is 1.25 bits per heavy atom. The SMILES string of the molecule is Nc1cc(Cl)ccc1C(=O)N1CCCCC1. The fraction of sp³-hybridized carbons (Fsp3) is 0.417. The van der Waals surface area contributed by atoms with Crippen molar-refractivity contribution in [3.63, 3.8) is 0 Å². The normalized spacial score (nSPS) is 16.2. The maximum atomic E-state index is 12.1. The number of carbonyl (C=O) groups excluding carboxylic acids is 1. The Hall–Kier alpha value is -1.22. The van der Waals surface area contributed by atoms with Crippen LogP contribution in [-0.4, -0.2) is 23.9 Å². The fourth-order valence-electron chi connectivity index (χ4n) is 2.00. The van der Waals surface area contributed by atoms with Crippen molar-refractivity contribution in [1.82, 2.24) is 4.90 Å².